The first-order valence-electron chi connectivity index (χ1n) is 9.74. The highest BCUT2D eigenvalue weighted by molar-refractivity contribution is 5.07. The van der Waals surface area contributed by atoms with E-state index in [-0.39, 0.29) is 0 Å². The minimum atomic E-state index is 0.508. The number of hydrogen-bond donors (Lipinski definition) is 1. The van der Waals surface area contributed by atoms with E-state index in [1.165, 1.54) is 77.3 Å². The molecule has 3 fully saturated rings. The Morgan fingerprint density at radius 1 is 1.05 bits per heavy atom. The van der Waals surface area contributed by atoms with Crippen LogP contribution in [0.15, 0.2) is 0 Å². The van der Waals surface area contributed by atoms with Crippen LogP contribution in [0.1, 0.15) is 78.1 Å². The van der Waals surface area contributed by atoms with Gasteiger partial charge in [-0.05, 0) is 70.0 Å². The maximum absolute atomic E-state index is 3.99. The van der Waals surface area contributed by atoms with Crippen LogP contribution < -0.4 is 5.32 Å². The van der Waals surface area contributed by atoms with Crippen molar-refractivity contribution in [3.05, 3.63) is 0 Å². The van der Waals surface area contributed by atoms with Crippen molar-refractivity contribution in [1.29, 1.82) is 0 Å². The molecular weight excluding hydrogens is 256 g/mol. The van der Waals surface area contributed by atoms with E-state index >= 15 is 0 Å². The largest absolute Gasteiger partial charge is 0.312 e. The van der Waals surface area contributed by atoms with Gasteiger partial charge in [0.05, 0.1) is 0 Å². The van der Waals surface area contributed by atoms with Gasteiger partial charge in [-0.1, -0.05) is 39.5 Å². The van der Waals surface area contributed by atoms with Gasteiger partial charge in [-0.2, -0.15) is 0 Å². The molecule has 122 valence electrons. The second-order valence-electron chi connectivity index (χ2n) is 8.07. The summed E-state index contributed by atoms with van der Waals surface area (Å²) in [6.07, 6.45) is 14.6. The second-order valence-corrected chi connectivity index (χ2v) is 8.07. The molecule has 3 rings (SSSR count). The third-order valence-corrected chi connectivity index (χ3v) is 6.66. The summed E-state index contributed by atoms with van der Waals surface area (Å²) >= 11 is 0. The van der Waals surface area contributed by atoms with Gasteiger partial charge in [0.15, 0.2) is 0 Å². The number of likely N-dealkylation sites (N-methyl/N-ethyl adjacent to an activating group) is 1. The van der Waals surface area contributed by atoms with Gasteiger partial charge in [-0.3, -0.25) is 4.90 Å². The Kier molecular flexibility index (Phi) is 5.27. The van der Waals surface area contributed by atoms with E-state index in [0.29, 0.717) is 5.54 Å². The first-order chi connectivity index (χ1) is 10.3. The van der Waals surface area contributed by atoms with Crippen LogP contribution in [0.5, 0.6) is 0 Å². The van der Waals surface area contributed by atoms with E-state index in [1.807, 2.05) is 0 Å². The van der Waals surface area contributed by atoms with E-state index in [1.54, 1.807) is 0 Å². The number of hydrogen-bond acceptors (Lipinski definition) is 2. The molecule has 0 aromatic heterocycles. The van der Waals surface area contributed by atoms with Crippen molar-refractivity contribution in [2.45, 2.75) is 89.6 Å². The molecule has 1 saturated heterocycles. The number of likely N-dealkylation sites (tertiary alicyclic amines) is 1. The van der Waals surface area contributed by atoms with Gasteiger partial charge in [0, 0.05) is 11.6 Å². The Morgan fingerprint density at radius 3 is 2.38 bits per heavy atom. The number of nitrogens with zero attached hydrogens (tertiary/aromatic N) is 1. The number of nitrogens with one attached hydrogen (secondary N) is 1. The molecule has 0 radical (unpaired) electrons. The van der Waals surface area contributed by atoms with Crippen LogP contribution in [0.4, 0.5) is 0 Å². The average molecular weight is 293 g/mol. The topological polar surface area (TPSA) is 15.3 Å². The highest BCUT2D eigenvalue weighted by Gasteiger charge is 2.49. The lowest BCUT2D eigenvalue weighted by Crippen LogP contribution is -2.62. The first-order valence-corrected chi connectivity index (χ1v) is 9.74. The summed E-state index contributed by atoms with van der Waals surface area (Å²) in [5.41, 5.74) is 0.508. The molecule has 2 nitrogen and oxygen atoms in total. The van der Waals surface area contributed by atoms with E-state index in [0.717, 1.165) is 24.4 Å². The van der Waals surface area contributed by atoms with Crippen LogP contribution in [0.2, 0.25) is 0 Å². The maximum atomic E-state index is 3.99. The van der Waals surface area contributed by atoms with E-state index in [4.69, 9.17) is 0 Å². The SMILES string of the molecule is CCNC(C1CCCC(C)C1)C1(N2CCCC2)CCCC1. The molecule has 2 saturated carbocycles. The highest BCUT2D eigenvalue weighted by atomic mass is 15.2. The normalized spacial score (nSPS) is 35.1. The van der Waals surface area contributed by atoms with Crippen molar-refractivity contribution in [3.63, 3.8) is 0 Å². The van der Waals surface area contributed by atoms with Crippen molar-refractivity contribution < 1.29 is 0 Å². The molecule has 0 spiro atoms. The number of rotatable bonds is 5. The lowest BCUT2D eigenvalue weighted by atomic mass is 9.70. The second kappa shape index (κ2) is 7.00. The van der Waals surface area contributed by atoms with Crippen LogP contribution in [0.3, 0.4) is 0 Å². The standard InChI is InChI=1S/C19H36N2/c1-3-20-18(17-10-8-9-16(2)15-17)19(11-4-5-12-19)21-13-6-7-14-21/h16-18,20H,3-15H2,1-2H3. The molecule has 2 heteroatoms. The van der Waals surface area contributed by atoms with Crippen LogP contribution in [0, 0.1) is 11.8 Å². The highest BCUT2D eigenvalue weighted by Crippen LogP contribution is 2.45. The average Bonchev–Trinajstić information content (AvgIpc) is 3.16. The lowest BCUT2D eigenvalue weighted by molar-refractivity contribution is 0.0357. The van der Waals surface area contributed by atoms with Gasteiger partial charge >= 0.3 is 0 Å². The Morgan fingerprint density at radius 2 is 1.76 bits per heavy atom. The molecule has 0 amide bonds. The van der Waals surface area contributed by atoms with Crippen molar-refractivity contribution in [2.24, 2.45) is 11.8 Å². The molecule has 1 aliphatic heterocycles. The summed E-state index contributed by atoms with van der Waals surface area (Å²) in [4.78, 5) is 2.91. The fraction of sp³-hybridized carbons (Fsp3) is 1.00. The summed E-state index contributed by atoms with van der Waals surface area (Å²) in [5.74, 6) is 1.87. The molecule has 0 bridgehead atoms. The predicted octanol–water partition coefficient (Wildman–Crippen LogP) is 4.20. The molecule has 3 aliphatic rings. The minimum absolute atomic E-state index is 0.508. The van der Waals surface area contributed by atoms with Crippen molar-refractivity contribution >= 4 is 0 Å². The van der Waals surface area contributed by atoms with Gasteiger partial charge in [-0.15, -0.1) is 0 Å². The van der Waals surface area contributed by atoms with Crippen LogP contribution >= 0.6 is 0 Å². The summed E-state index contributed by atoms with van der Waals surface area (Å²) in [6, 6.07) is 0.755. The smallest absolute Gasteiger partial charge is 0.0365 e. The Hall–Kier alpha value is -0.0800. The monoisotopic (exact) mass is 292 g/mol. The third-order valence-electron chi connectivity index (χ3n) is 6.66. The van der Waals surface area contributed by atoms with Crippen molar-refractivity contribution in [1.82, 2.24) is 10.2 Å². The third kappa shape index (κ3) is 3.17. The van der Waals surface area contributed by atoms with E-state index in [2.05, 4.69) is 24.1 Å². The quantitative estimate of drug-likeness (QED) is 0.817. The van der Waals surface area contributed by atoms with Gasteiger partial charge in [0.25, 0.3) is 0 Å². The zero-order valence-electron chi connectivity index (χ0n) is 14.4. The van der Waals surface area contributed by atoms with Gasteiger partial charge in [-0.25, -0.2) is 0 Å². The zero-order chi connectivity index (χ0) is 14.7. The van der Waals surface area contributed by atoms with Crippen LogP contribution in [0.25, 0.3) is 0 Å². The molecule has 3 atom stereocenters. The summed E-state index contributed by atoms with van der Waals surface area (Å²) < 4.78 is 0. The van der Waals surface area contributed by atoms with Gasteiger partial charge < -0.3 is 5.32 Å². The lowest BCUT2D eigenvalue weighted by Gasteiger charge is -2.50. The van der Waals surface area contributed by atoms with E-state index in [9.17, 15) is 0 Å². The van der Waals surface area contributed by atoms with Crippen molar-refractivity contribution in [3.8, 4) is 0 Å². The fourth-order valence-electron chi connectivity index (χ4n) is 5.77. The predicted molar refractivity (Wildman–Crippen MR) is 90.6 cm³/mol. The van der Waals surface area contributed by atoms with E-state index < -0.39 is 0 Å². The summed E-state index contributed by atoms with van der Waals surface area (Å²) in [7, 11) is 0. The fourth-order valence-corrected chi connectivity index (χ4v) is 5.77. The minimum Gasteiger partial charge on any atom is -0.312 e. The maximum Gasteiger partial charge on any atom is 0.0365 e. The molecule has 21 heavy (non-hydrogen) atoms. The van der Waals surface area contributed by atoms with Crippen molar-refractivity contribution in [2.75, 3.05) is 19.6 Å². The molecule has 0 aromatic carbocycles. The molecule has 1 N–H and O–H groups in total. The van der Waals surface area contributed by atoms with Gasteiger partial charge in [0.2, 0.25) is 0 Å². The zero-order valence-corrected chi connectivity index (χ0v) is 14.4. The van der Waals surface area contributed by atoms with Gasteiger partial charge in [0.1, 0.15) is 0 Å². The first kappa shape index (κ1) is 15.8. The summed E-state index contributed by atoms with van der Waals surface area (Å²) in [5, 5.41) is 3.99. The van der Waals surface area contributed by atoms with Crippen LogP contribution in [-0.2, 0) is 0 Å². The Labute approximate surface area is 132 Å². The molecule has 1 heterocycles. The Balaban J connectivity index is 1.81. The van der Waals surface area contributed by atoms with Crippen LogP contribution in [-0.4, -0.2) is 36.1 Å². The summed E-state index contributed by atoms with van der Waals surface area (Å²) in [6.45, 7) is 8.66. The molecule has 2 aliphatic carbocycles. The molecule has 3 unspecified atom stereocenters. The molecule has 0 aromatic rings. The Bertz CT molecular complexity index is 316. The molecular formula is C19H36N2.